The van der Waals surface area contributed by atoms with Crippen molar-refractivity contribution in [2.75, 3.05) is 24.5 Å². The fourth-order valence-corrected chi connectivity index (χ4v) is 4.04. The van der Waals surface area contributed by atoms with Crippen LogP contribution >= 0.6 is 0 Å². The van der Waals surface area contributed by atoms with Crippen LogP contribution in [0.15, 0.2) is 57.7 Å². The van der Waals surface area contributed by atoms with Crippen LogP contribution in [0.2, 0.25) is 0 Å². The average Bonchev–Trinajstić information content (AvgIpc) is 3.54. The van der Waals surface area contributed by atoms with Gasteiger partial charge in [0.1, 0.15) is 11.5 Å². The van der Waals surface area contributed by atoms with E-state index in [2.05, 4.69) is 20.4 Å². The van der Waals surface area contributed by atoms with E-state index in [0.29, 0.717) is 46.3 Å². The molecule has 1 fully saturated rings. The van der Waals surface area contributed by atoms with Crippen molar-refractivity contribution < 1.29 is 18.1 Å². The van der Waals surface area contributed by atoms with Crippen molar-refractivity contribution in [2.24, 2.45) is 5.92 Å². The van der Waals surface area contributed by atoms with E-state index >= 15 is 0 Å². The summed E-state index contributed by atoms with van der Waals surface area (Å²) in [6.45, 7) is 4.01. The van der Waals surface area contributed by atoms with Gasteiger partial charge in [0.05, 0.1) is 22.9 Å². The van der Waals surface area contributed by atoms with E-state index in [1.807, 2.05) is 0 Å². The number of nitrogens with one attached hydrogen (secondary N) is 1. The van der Waals surface area contributed by atoms with Crippen molar-refractivity contribution in [3.63, 3.8) is 0 Å². The summed E-state index contributed by atoms with van der Waals surface area (Å²) in [5, 5.41) is 7.62. The summed E-state index contributed by atoms with van der Waals surface area (Å²) in [6.07, 6.45) is 2.51. The minimum atomic E-state index is -0.242. The molecule has 8 heteroatoms. The molecule has 1 aliphatic rings. The third kappa shape index (κ3) is 3.76. The number of fused-ring (bicyclic) bond motifs is 1. The zero-order chi connectivity index (χ0) is 21.4. The van der Waals surface area contributed by atoms with Gasteiger partial charge in [0.2, 0.25) is 0 Å². The standard InChI is InChI=1S/C23H21FN4O3/c1-14-21-18(11-19(20-3-2-10-30-20)26-23(21)31-27-14)22(29)25-12-15-8-9-28(13-15)17-6-4-16(24)5-7-17/h2-7,10-11,15H,8-9,12-13H2,1H3,(H,25,29). The molecular formula is C23H21FN4O3. The average molecular weight is 420 g/mol. The van der Waals surface area contributed by atoms with Crippen LogP contribution in [0.3, 0.4) is 0 Å². The van der Waals surface area contributed by atoms with E-state index in [4.69, 9.17) is 8.94 Å². The largest absolute Gasteiger partial charge is 0.463 e. The second kappa shape index (κ2) is 7.86. The molecule has 1 unspecified atom stereocenters. The Hall–Kier alpha value is -3.68. The molecule has 4 aromatic rings. The van der Waals surface area contributed by atoms with Crippen molar-refractivity contribution >= 4 is 22.7 Å². The molecule has 5 rings (SSSR count). The molecular weight excluding hydrogens is 399 g/mol. The number of hydrogen-bond donors (Lipinski definition) is 1. The summed E-state index contributed by atoms with van der Waals surface area (Å²) in [5.41, 5.74) is 2.89. The molecule has 1 N–H and O–H groups in total. The number of carbonyl (C=O) groups is 1. The Morgan fingerprint density at radius 3 is 2.90 bits per heavy atom. The fraction of sp³-hybridized carbons (Fsp3) is 0.261. The Bertz CT molecular complexity index is 1220. The van der Waals surface area contributed by atoms with Crippen LogP contribution in [0.1, 0.15) is 22.5 Å². The number of amides is 1. The van der Waals surface area contributed by atoms with Gasteiger partial charge in [0, 0.05) is 25.3 Å². The number of aryl methyl sites for hydroxylation is 1. The molecule has 7 nitrogen and oxygen atoms in total. The lowest BCUT2D eigenvalue weighted by molar-refractivity contribution is 0.0950. The van der Waals surface area contributed by atoms with Crippen LogP contribution in [0, 0.1) is 18.7 Å². The number of aromatic nitrogens is 2. The molecule has 1 saturated heterocycles. The summed E-state index contributed by atoms with van der Waals surface area (Å²) >= 11 is 0. The quantitative estimate of drug-likeness (QED) is 0.521. The van der Waals surface area contributed by atoms with E-state index in [0.717, 1.165) is 25.2 Å². The van der Waals surface area contributed by atoms with Gasteiger partial charge in [-0.3, -0.25) is 4.79 Å². The molecule has 1 atom stereocenters. The molecule has 0 spiro atoms. The fourth-order valence-electron chi connectivity index (χ4n) is 4.04. The third-order valence-corrected chi connectivity index (χ3v) is 5.66. The number of carbonyl (C=O) groups excluding carboxylic acids is 1. The highest BCUT2D eigenvalue weighted by molar-refractivity contribution is 6.06. The van der Waals surface area contributed by atoms with Crippen LogP contribution in [0.4, 0.5) is 10.1 Å². The summed E-state index contributed by atoms with van der Waals surface area (Å²) < 4.78 is 23.9. The highest BCUT2D eigenvalue weighted by Gasteiger charge is 2.25. The van der Waals surface area contributed by atoms with Gasteiger partial charge in [-0.2, -0.15) is 0 Å². The van der Waals surface area contributed by atoms with E-state index in [9.17, 15) is 9.18 Å². The van der Waals surface area contributed by atoms with Crippen molar-refractivity contribution in [1.29, 1.82) is 0 Å². The Labute approximate surface area is 177 Å². The number of furan rings is 1. The topological polar surface area (TPSA) is 84.4 Å². The summed E-state index contributed by atoms with van der Waals surface area (Å²) in [5.74, 6) is 0.412. The van der Waals surface area contributed by atoms with Crippen LogP contribution < -0.4 is 10.2 Å². The van der Waals surface area contributed by atoms with Gasteiger partial charge in [-0.1, -0.05) is 5.16 Å². The number of hydrogen-bond acceptors (Lipinski definition) is 6. The highest BCUT2D eigenvalue weighted by atomic mass is 19.1. The maximum absolute atomic E-state index is 13.2. The Morgan fingerprint density at radius 1 is 1.29 bits per heavy atom. The lowest BCUT2D eigenvalue weighted by atomic mass is 10.1. The monoisotopic (exact) mass is 420 g/mol. The van der Waals surface area contributed by atoms with Gasteiger partial charge in [0.25, 0.3) is 11.6 Å². The molecule has 31 heavy (non-hydrogen) atoms. The van der Waals surface area contributed by atoms with Crippen LogP contribution in [-0.4, -0.2) is 35.7 Å². The first-order chi connectivity index (χ1) is 15.1. The molecule has 4 heterocycles. The Kier molecular flexibility index (Phi) is 4.89. The maximum atomic E-state index is 13.2. The number of pyridine rings is 1. The molecule has 0 bridgehead atoms. The first-order valence-corrected chi connectivity index (χ1v) is 10.2. The lowest BCUT2D eigenvalue weighted by Crippen LogP contribution is -2.31. The smallest absolute Gasteiger partial charge is 0.259 e. The summed E-state index contributed by atoms with van der Waals surface area (Å²) in [6, 6.07) is 11.8. The number of benzene rings is 1. The van der Waals surface area contributed by atoms with E-state index in [1.165, 1.54) is 12.1 Å². The SMILES string of the molecule is Cc1noc2nc(-c3ccco3)cc(C(=O)NCC3CCN(c4ccc(F)cc4)C3)c12. The number of nitrogens with zero attached hydrogens (tertiary/aromatic N) is 3. The molecule has 0 radical (unpaired) electrons. The van der Waals surface area contributed by atoms with Crippen molar-refractivity contribution in [1.82, 2.24) is 15.5 Å². The van der Waals surface area contributed by atoms with E-state index < -0.39 is 0 Å². The second-order valence-corrected chi connectivity index (χ2v) is 7.77. The maximum Gasteiger partial charge on any atom is 0.259 e. The number of rotatable bonds is 5. The normalized spacial score (nSPS) is 16.2. The molecule has 1 amide bonds. The molecule has 158 valence electrons. The molecule has 0 saturated carbocycles. The Morgan fingerprint density at radius 2 is 2.13 bits per heavy atom. The first kappa shape index (κ1) is 19.3. The van der Waals surface area contributed by atoms with Gasteiger partial charge < -0.3 is 19.2 Å². The van der Waals surface area contributed by atoms with Crippen LogP contribution in [0.5, 0.6) is 0 Å². The van der Waals surface area contributed by atoms with Gasteiger partial charge >= 0.3 is 0 Å². The van der Waals surface area contributed by atoms with Crippen LogP contribution in [-0.2, 0) is 0 Å². The zero-order valence-corrected chi connectivity index (χ0v) is 17.0. The summed E-state index contributed by atoms with van der Waals surface area (Å²) in [4.78, 5) is 19.7. The van der Waals surface area contributed by atoms with E-state index in [-0.39, 0.29) is 11.7 Å². The number of anilines is 1. The Balaban J connectivity index is 1.31. The minimum absolute atomic E-state index is 0.202. The van der Waals surface area contributed by atoms with Gasteiger partial charge in [0.15, 0.2) is 5.76 Å². The van der Waals surface area contributed by atoms with Gasteiger partial charge in [-0.15, -0.1) is 0 Å². The molecule has 0 aliphatic carbocycles. The predicted molar refractivity (Wildman–Crippen MR) is 113 cm³/mol. The van der Waals surface area contributed by atoms with E-state index in [1.54, 1.807) is 43.5 Å². The summed E-state index contributed by atoms with van der Waals surface area (Å²) in [7, 11) is 0. The van der Waals surface area contributed by atoms with Crippen molar-refractivity contribution in [2.45, 2.75) is 13.3 Å². The molecule has 1 aromatic carbocycles. The minimum Gasteiger partial charge on any atom is -0.463 e. The molecule has 1 aliphatic heterocycles. The van der Waals surface area contributed by atoms with Crippen molar-refractivity contribution in [3.05, 3.63) is 65.8 Å². The first-order valence-electron chi connectivity index (χ1n) is 10.2. The second-order valence-electron chi connectivity index (χ2n) is 7.77. The zero-order valence-electron chi connectivity index (χ0n) is 17.0. The molecule has 3 aromatic heterocycles. The third-order valence-electron chi connectivity index (χ3n) is 5.66. The predicted octanol–water partition coefficient (Wildman–Crippen LogP) is 4.19. The number of halogens is 1. The highest BCUT2D eigenvalue weighted by Crippen LogP contribution is 2.28. The lowest BCUT2D eigenvalue weighted by Gasteiger charge is -2.19. The van der Waals surface area contributed by atoms with Crippen LogP contribution in [0.25, 0.3) is 22.6 Å². The van der Waals surface area contributed by atoms with Crippen molar-refractivity contribution in [3.8, 4) is 11.5 Å². The van der Waals surface area contributed by atoms with Gasteiger partial charge in [-0.05, 0) is 61.7 Å². The van der Waals surface area contributed by atoms with Gasteiger partial charge in [-0.25, -0.2) is 9.37 Å².